The van der Waals surface area contributed by atoms with Crippen molar-refractivity contribution in [3.8, 4) is 5.75 Å². The number of benzene rings is 1. The molecular formula is C16H16ClN5O4. The average Bonchev–Trinajstić information content (AvgIpc) is 3.01. The molecule has 2 heterocycles. The second-order valence-corrected chi connectivity index (χ2v) is 6.06. The van der Waals surface area contributed by atoms with Crippen molar-refractivity contribution in [1.82, 2.24) is 18.7 Å². The van der Waals surface area contributed by atoms with Crippen LogP contribution in [0.1, 0.15) is 0 Å². The van der Waals surface area contributed by atoms with Crippen LogP contribution in [-0.4, -0.2) is 31.7 Å². The second kappa shape index (κ2) is 6.68. The lowest BCUT2D eigenvalue weighted by molar-refractivity contribution is -0.116. The summed E-state index contributed by atoms with van der Waals surface area (Å²) in [4.78, 5) is 40.7. The van der Waals surface area contributed by atoms with Crippen LogP contribution in [0.3, 0.4) is 0 Å². The number of hydrogen-bond acceptors (Lipinski definition) is 5. The number of carbonyl (C=O) groups is 1. The predicted molar refractivity (Wildman–Crippen MR) is 96.8 cm³/mol. The Bertz CT molecular complexity index is 1130. The fourth-order valence-electron chi connectivity index (χ4n) is 2.62. The van der Waals surface area contributed by atoms with E-state index >= 15 is 0 Å². The Balaban J connectivity index is 1.90. The first-order valence-corrected chi connectivity index (χ1v) is 7.95. The molecule has 1 aromatic carbocycles. The molecule has 136 valence electrons. The van der Waals surface area contributed by atoms with Crippen LogP contribution in [0.25, 0.3) is 11.2 Å². The molecule has 0 aliphatic rings. The molecule has 3 rings (SSSR count). The minimum atomic E-state index is -0.513. The lowest BCUT2D eigenvalue weighted by Crippen LogP contribution is -2.37. The fourth-order valence-corrected chi connectivity index (χ4v) is 2.87. The summed E-state index contributed by atoms with van der Waals surface area (Å²) in [6.45, 7) is -0.145. The molecule has 0 fully saturated rings. The van der Waals surface area contributed by atoms with Gasteiger partial charge in [0.15, 0.2) is 11.2 Å². The monoisotopic (exact) mass is 377 g/mol. The molecule has 9 nitrogen and oxygen atoms in total. The molecule has 3 aromatic rings. The Morgan fingerprint density at radius 1 is 1.27 bits per heavy atom. The van der Waals surface area contributed by atoms with Gasteiger partial charge in [0.1, 0.15) is 12.3 Å². The Morgan fingerprint density at radius 2 is 2.00 bits per heavy atom. The number of nitrogens with one attached hydrogen (secondary N) is 1. The van der Waals surface area contributed by atoms with Gasteiger partial charge in [0.05, 0.1) is 18.5 Å². The predicted octanol–water partition coefficient (Wildman–Crippen LogP) is 0.734. The number of halogens is 1. The molecule has 0 aliphatic carbocycles. The van der Waals surface area contributed by atoms with E-state index in [2.05, 4.69) is 10.3 Å². The lowest BCUT2D eigenvalue weighted by Gasteiger charge is -2.09. The highest BCUT2D eigenvalue weighted by molar-refractivity contribution is 6.32. The number of fused-ring (bicyclic) bond motifs is 1. The number of anilines is 1. The van der Waals surface area contributed by atoms with Crippen molar-refractivity contribution < 1.29 is 9.53 Å². The quantitative estimate of drug-likeness (QED) is 0.722. The third-order valence-electron chi connectivity index (χ3n) is 3.97. The molecule has 0 bridgehead atoms. The number of amides is 1. The molecule has 1 N–H and O–H groups in total. The molecule has 0 unspecified atom stereocenters. The van der Waals surface area contributed by atoms with E-state index in [-0.39, 0.29) is 23.6 Å². The van der Waals surface area contributed by atoms with Crippen LogP contribution in [0, 0.1) is 0 Å². The van der Waals surface area contributed by atoms with E-state index in [4.69, 9.17) is 16.3 Å². The van der Waals surface area contributed by atoms with Gasteiger partial charge in [0.25, 0.3) is 5.56 Å². The maximum absolute atomic E-state index is 12.4. The highest BCUT2D eigenvalue weighted by atomic mass is 35.5. The Hall–Kier alpha value is -3.07. The Kier molecular flexibility index (Phi) is 4.56. The van der Waals surface area contributed by atoms with Gasteiger partial charge in [-0.2, -0.15) is 0 Å². The van der Waals surface area contributed by atoms with Gasteiger partial charge in [-0.1, -0.05) is 11.6 Å². The second-order valence-electron chi connectivity index (χ2n) is 5.65. The average molecular weight is 378 g/mol. The van der Waals surface area contributed by atoms with E-state index in [1.807, 2.05) is 0 Å². The SMILES string of the molecule is COc1ccc(NC(=O)Cn2cnc3c2c(=O)n(C)c(=O)n3C)cc1Cl. The van der Waals surface area contributed by atoms with Gasteiger partial charge in [-0.15, -0.1) is 0 Å². The molecule has 1 amide bonds. The maximum Gasteiger partial charge on any atom is 0.332 e. The standard InChI is InChI=1S/C16H16ClN5O4/c1-20-14-13(15(24)21(2)16(20)25)22(8-18-14)7-12(23)19-9-4-5-11(26-3)10(17)6-9/h4-6,8H,7H2,1-3H3,(H,19,23). The Labute approximate surface area is 152 Å². The summed E-state index contributed by atoms with van der Waals surface area (Å²) >= 11 is 6.04. The number of methoxy groups -OCH3 is 1. The van der Waals surface area contributed by atoms with Crippen molar-refractivity contribution in [2.24, 2.45) is 14.1 Å². The molecule has 10 heteroatoms. The van der Waals surface area contributed by atoms with E-state index in [9.17, 15) is 14.4 Å². The highest BCUT2D eigenvalue weighted by Gasteiger charge is 2.16. The van der Waals surface area contributed by atoms with Crippen LogP contribution < -0.4 is 21.3 Å². The van der Waals surface area contributed by atoms with Gasteiger partial charge in [-0.3, -0.25) is 18.7 Å². The number of rotatable bonds is 4. The van der Waals surface area contributed by atoms with Gasteiger partial charge in [-0.05, 0) is 18.2 Å². The van der Waals surface area contributed by atoms with Crippen molar-refractivity contribution in [3.05, 3.63) is 50.4 Å². The number of imidazole rings is 1. The van der Waals surface area contributed by atoms with Crippen molar-refractivity contribution in [1.29, 1.82) is 0 Å². The van der Waals surface area contributed by atoms with Crippen LogP contribution >= 0.6 is 11.6 Å². The summed E-state index contributed by atoms with van der Waals surface area (Å²) in [7, 11) is 4.39. The zero-order valence-electron chi connectivity index (χ0n) is 14.3. The number of hydrogen-bond donors (Lipinski definition) is 1. The fraction of sp³-hybridized carbons (Fsp3) is 0.250. The van der Waals surface area contributed by atoms with Crippen LogP contribution in [-0.2, 0) is 25.4 Å². The molecule has 0 saturated carbocycles. The van der Waals surface area contributed by atoms with E-state index < -0.39 is 11.2 Å². The van der Waals surface area contributed by atoms with Crippen molar-refractivity contribution in [3.63, 3.8) is 0 Å². The third-order valence-corrected chi connectivity index (χ3v) is 4.26. The van der Waals surface area contributed by atoms with Crippen LogP contribution in [0.5, 0.6) is 5.75 Å². The zero-order chi connectivity index (χ0) is 19.0. The number of nitrogens with zero attached hydrogens (tertiary/aromatic N) is 4. The summed E-state index contributed by atoms with van der Waals surface area (Å²) < 4.78 is 8.69. The van der Waals surface area contributed by atoms with E-state index in [1.165, 1.54) is 36.7 Å². The maximum atomic E-state index is 12.4. The number of aryl methyl sites for hydroxylation is 1. The molecule has 0 spiro atoms. The molecular weight excluding hydrogens is 362 g/mol. The first kappa shape index (κ1) is 17.7. The zero-order valence-corrected chi connectivity index (χ0v) is 15.1. The smallest absolute Gasteiger partial charge is 0.332 e. The number of aromatic nitrogens is 4. The van der Waals surface area contributed by atoms with Gasteiger partial charge >= 0.3 is 5.69 Å². The van der Waals surface area contributed by atoms with E-state index in [0.717, 1.165) is 4.57 Å². The summed E-state index contributed by atoms with van der Waals surface area (Å²) in [6, 6.07) is 4.85. The minimum absolute atomic E-state index is 0.145. The van der Waals surface area contributed by atoms with Crippen LogP contribution in [0.4, 0.5) is 5.69 Å². The van der Waals surface area contributed by atoms with Crippen LogP contribution in [0.15, 0.2) is 34.1 Å². The summed E-state index contributed by atoms with van der Waals surface area (Å²) in [5.41, 5.74) is -0.104. The van der Waals surface area contributed by atoms with E-state index in [1.54, 1.807) is 18.2 Å². The van der Waals surface area contributed by atoms with E-state index in [0.29, 0.717) is 16.5 Å². The molecule has 0 atom stereocenters. The minimum Gasteiger partial charge on any atom is -0.495 e. The topological polar surface area (TPSA) is 100 Å². The van der Waals surface area contributed by atoms with Crippen molar-refractivity contribution in [2.45, 2.75) is 6.54 Å². The normalized spacial score (nSPS) is 10.9. The van der Waals surface area contributed by atoms with Gasteiger partial charge in [-0.25, -0.2) is 9.78 Å². The highest BCUT2D eigenvalue weighted by Crippen LogP contribution is 2.27. The first-order valence-electron chi connectivity index (χ1n) is 7.57. The molecule has 0 aliphatic heterocycles. The molecule has 26 heavy (non-hydrogen) atoms. The number of carbonyl (C=O) groups excluding carboxylic acids is 1. The summed E-state index contributed by atoms with van der Waals surface area (Å²) in [5, 5.41) is 3.06. The first-order chi connectivity index (χ1) is 12.3. The molecule has 2 aromatic heterocycles. The largest absolute Gasteiger partial charge is 0.495 e. The molecule has 0 saturated heterocycles. The van der Waals surface area contributed by atoms with Crippen molar-refractivity contribution >= 4 is 34.4 Å². The Morgan fingerprint density at radius 3 is 2.65 bits per heavy atom. The van der Waals surface area contributed by atoms with Gasteiger partial charge in [0.2, 0.25) is 5.91 Å². The number of ether oxygens (including phenoxy) is 1. The lowest BCUT2D eigenvalue weighted by atomic mass is 10.3. The third kappa shape index (κ3) is 2.97. The summed E-state index contributed by atoms with van der Waals surface area (Å²) in [6.07, 6.45) is 1.35. The van der Waals surface area contributed by atoms with Crippen LogP contribution in [0.2, 0.25) is 5.02 Å². The van der Waals surface area contributed by atoms with Crippen molar-refractivity contribution in [2.75, 3.05) is 12.4 Å². The summed E-state index contributed by atoms with van der Waals surface area (Å²) in [5.74, 6) is 0.121. The molecule has 0 radical (unpaired) electrons. The van der Waals surface area contributed by atoms with Gasteiger partial charge in [0, 0.05) is 19.8 Å². The van der Waals surface area contributed by atoms with Gasteiger partial charge < -0.3 is 14.6 Å².